The first-order chi connectivity index (χ1) is 11.8. The molecule has 0 unspecified atom stereocenters. The van der Waals surface area contributed by atoms with Crippen LogP contribution >= 0.6 is 0 Å². The maximum absolute atomic E-state index is 13.2. The summed E-state index contributed by atoms with van der Waals surface area (Å²) in [5, 5.41) is 0. The summed E-state index contributed by atoms with van der Waals surface area (Å²) in [5.74, 6) is -2.29. The van der Waals surface area contributed by atoms with Crippen molar-refractivity contribution in [1.29, 1.82) is 0 Å². The number of imidazole rings is 1. The molecule has 1 aliphatic heterocycles. The second kappa shape index (κ2) is 6.58. The minimum absolute atomic E-state index is 0.0370. The van der Waals surface area contributed by atoms with Crippen molar-refractivity contribution in [3.05, 3.63) is 41.3 Å². The third kappa shape index (κ3) is 3.57. The van der Waals surface area contributed by atoms with Gasteiger partial charge in [0.25, 0.3) is 5.91 Å². The van der Waals surface area contributed by atoms with Crippen LogP contribution in [0.3, 0.4) is 0 Å². The molecule has 2 heterocycles. The number of aromatic nitrogens is 2. The predicted octanol–water partition coefficient (Wildman–Crippen LogP) is 4.27. The van der Waals surface area contributed by atoms with Gasteiger partial charge >= 0.3 is 0 Å². The molecule has 0 radical (unpaired) electrons. The number of amides is 1. The highest BCUT2D eigenvalue weighted by molar-refractivity contribution is 5.94. The molecule has 0 bridgehead atoms. The zero-order valence-electron chi connectivity index (χ0n) is 14.9. The predicted molar refractivity (Wildman–Crippen MR) is 92.7 cm³/mol. The average Bonchev–Trinajstić information content (AvgIpc) is 3.00. The van der Waals surface area contributed by atoms with Crippen LogP contribution < -0.4 is 0 Å². The van der Waals surface area contributed by atoms with Gasteiger partial charge in [0.15, 0.2) is 0 Å². The van der Waals surface area contributed by atoms with Crippen LogP contribution in [0.25, 0.3) is 11.3 Å². The van der Waals surface area contributed by atoms with Crippen molar-refractivity contribution >= 4 is 5.91 Å². The Bertz CT molecular complexity index is 775. The summed E-state index contributed by atoms with van der Waals surface area (Å²) in [5.41, 5.74) is 3.16. The number of nitrogens with zero attached hydrogens (tertiary/aromatic N) is 3. The molecule has 1 aromatic heterocycles. The number of fused-ring (bicyclic) bond motifs is 1. The average molecular weight is 347 g/mol. The normalized spacial score (nSPS) is 14.3. The molecule has 0 saturated carbocycles. The van der Waals surface area contributed by atoms with E-state index in [4.69, 9.17) is 0 Å². The van der Waals surface area contributed by atoms with Crippen LogP contribution in [0.2, 0.25) is 0 Å². The molecular formula is C19H23F2N3O. The van der Waals surface area contributed by atoms with Gasteiger partial charge in [0, 0.05) is 18.5 Å². The highest BCUT2D eigenvalue weighted by atomic mass is 19.3. The molecule has 0 aliphatic carbocycles. The molecule has 134 valence electrons. The van der Waals surface area contributed by atoms with E-state index >= 15 is 0 Å². The summed E-state index contributed by atoms with van der Waals surface area (Å²) in [6.45, 7) is 6.11. The molecular weight excluding hydrogens is 324 g/mol. The third-order valence-corrected chi connectivity index (χ3v) is 4.46. The third-order valence-electron chi connectivity index (χ3n) is 4.46. The summed E-state index contributed by atoms with van der Waals surface area (Å²) in [4.78, 5) is 18.7. The Hall–Kier alpha value is -2.24. The second-order valence-corrected chi connectivity index (χ2v) is 6.80. The number of halogens is 2. The second-order valence-electron chi connectivity index (χ2n) is 6.80. The molecule has 2 aromatic rings. The number of aryl methyl sites for hydroxylation is 1. The van der Waals surface area contributed by atoms with Crippen LogP contribution in [0.5, 0.6) is 0 Å². The monoisotopic (exact) mass is 347 g/mol. The van der Waals surface area contributed by atoms with Crippen molar-refractivity contribution in [3.8, 4) is 11.3 Å². The molecule has 0 N–H and O–H groups in total. The van der Waals surface area contributed by atoms with Gasteiger partial charge in [-0.25, -0.2) is 13.8 Å². The van der Waals surface area contributed by atoms with E-state index < -0.39 is 5.92 Å². The minimum atomic E-state index is -2.72. The fraction of sp³-hybridized carbons (Fsp3) is 0.474. The lowest BCUT2D eigenvalue weighted by Gasteiger charge is -2.16. The lowest BCUT2D eigenvalue weighted by Crippen LogP contribution is -2.26. The van der Waals surface area contributed by atoms with Gasteiger partial charge in [-0.1, -0.05) is 37.6 Å². The van der Waals surface area contributed by atoms with E-state index in [1.165, 1.54) is 0 Å². The minimum Gasteiger partial charge on any atom is -0.318 e. The van der Waals surface area contributed by atoms with Crippen molar-refractivity contribution in [2.75, 3.05) is 6.54 Å². The van der Waals surface area contributed by atoms with Crippen LogP contribution in [0.15, 0.2) is 24.3 Å². The van der Waals surface area contributed by atoms with E-state index in [0.717, 1.165) is 43.3 Å². The van der Waals surface area contributed by atoms with Gasteiger partial charge in [0.1, 0.15) is 0 Å². The molecule has 3 rings (SSSR count). The quantitative estimate of drug-likeness (QED) is 0.783. The summed E-state index contributed by atoms with van der Waals surface area (Å²) < 4.78 is 28.2. The zero-order chi connectivity index (χ0) is 18.2. The van der Waals surface area contributed by atoms with Gasteiger partial charge < -0.3 is 9.47 Å². The van der Waals surface area contributed by atoms with E-state index in [1.54, 1.807) is 17.0 Å². The molecule has 4 nitrogen and oxygen atoms in total. The van der Waals surface area contributed by atoms with Crippen molar-refractivity contribution < 1.29 is 13.6 Å². The Morgan fingerprint density at radius 1 is 1.24 bits per heavy atom. The molecule has 1 amide bonds. The van der Waals surface area contributed by atoms with E-state index in [2.05, 4.69) is 11.9 Å². The molecule has 1 aromatic carbocycles. The van der Waals surface area contributed by atoms with Gasteiger partial charge in [-0.2, -0.15) is 0 Å². The molecule has 0 fully saturated rings. The lowest BCUT2D eigenvalue weighted by molar-refractivity contribution is 0.0226. The Labute approximate surface area is 146 Å². The van der Waals surface area contributed by atoms with E-state index in [9.17, 15) is 13.6 Å². The van der Waals surface area contributed by atoms with Crippen molar-refractivity contribution in [3.63, 3.8) is 0 Å². The maximum Gasteiger partial charge on any atom is 0.291 e. The van der Waals surface area contributed by atoms with Crippen LogP contribution in [0, 0.1) is 6.92 Å². The van der Waals surface area contributed by atoms with E-state index in [1.807, 2.05) is 23.6 Å². The van der Waals surface area contributed by atoms with Gasteiger partial charge in [-0.15, -0.1) is 0 Å². The molecule has 25 heavy (non-hydrogen) atoms. The largest absolute Gasteiger partial charge is 0.318 e. The SMILES string of the molecule is CCCCN1Cn2c(nc(C)c2-c2ccc(CC(C)(F)F)cc2)C1=O. The molecule has 0 atom stereocenters. The number of carbonyl (C=O) groups excluding carboxylic acids is 1. The summed E-state index contributed by atoms with van der Waals surface area (Å²) in [7, 11) is 0. The van der Waals surface area contributed by atoms with Crippen LogP contribution in [-0.4, -0.2) is 32.8 Å². The smallest absolute Gasteiger partial charge is 0.291 e. The van der Waals surface area contributed by atoms with Crippen molar-refractivity contribution in [2.45, 2.75) is 52.6 Å². The zero-order valence-corrected chi connectivity index (χ0v) is 14.9. The fourth-order valence-electron chi connectivity index (χ4n) is 3.28. The van der Waals surface area contributed by atoms with Gasteiger partial charge in [0.05, 0.1) is 18.1 Å². The Balaban J connectivity index is 1.88. The molecule has 1 aliphatic rings. The number of benzene rings is 1. The van der Waals surface area contributed by atoms with Gasteiger partial charge in [0.2, 0.25) is 11.7 Å². The first kappa shape index (κ1) is 17.6. The maximum atomic E-state index is 13.2. The Kier molecular flexibility index (Phi) is 4.62. The number of hydrogen-bond acceptors (Lipinski definition) is 2. The van der Waals surface area contributed by atoms with E-state index in [-0.39, 0.29) is 12.3 Å². The van der Waals surface area contributed by atoms with Crippen LogP contribution in [0.4, 0.5) is 8.78 Å². The summed E-state index contributed by atoms with van der Waals surface area (Å²) in [6.07, 6.45) is 1.71. The van der Waals surface area contributed by atoms with Crippen LogP contribution in [-0.2, 0) is 13.1 Å². The fourth-order valence-corrected chi connectivity index (χ4v) is 3.28. The Morgan fingerprint density at radius 3 is 2.52 bits per heavy atom. The highest BCUT2D eigenvalue weighted by Crippen LogP contribution is 2.30. The number of rotatable bonds is 6. The summed E-state index contributed by atoms with van der Waals surface area (Å²) in [6, 6.07) is 7.10. The number of hydrogen-bond donors (Lipinski definition) is 0. The number of alkyl halides is 2. The molecule has 6 heteroatoms. The van der Waals surface area contributed by atoms with Gasteiger partial charge in [-0.3, -0.25) is 4.79 Å². The molecule has 0 saturated heterocycles. The first-order valence-electron chi connectivity index (χ1n) is 8.63. The topological polar surface area (TPSA) is 38.1 Å². The van der Waals surface area contributed by atoms with Crippen LogP contribution in [0.1, 0.15) is 48.6 Å². The number of unbranched alkanes of at least 4 members (excludes halogenated alkanes) is 1. The highest BCUT2D eigenvalue weighted by Gasteiger charge is 2.32. The van der Waals surface area contributed by atoms with Gasteiger partial charge in [-0.05, 0) is 25.8 Å². The van der Waals surface area contributed by atoms with Crippen molar-refractivity contribution in [1.82, 2.24) is 14.5 Å². The van der Waals surface area contributed by atoms with E-state index in [0.29, 0.717) is 18.1 Å². The number of carbonyl (C=O) groups is 1. The summed E-state index contributed by atoms with van der Waals surface area (Å²) >= 11 is 0. The molecule has 0 spiro atoms. The van der Waals surface area contributed by atoms with Crippen molar-refractivity contribution in [2.24, 2.45) is 0 Å². The standard InChI is InChI=1S/C19H23F2N3O/c1-4-5-10-23-12-24-16(13(2)22-17(24)18(23)25)15-8-6-14(7-9-15)11-19(3,20)21/h6-9H,4-5,10-12H2,1-3H3. The first-order valence-corrected chi connectivity index (χ1v) is 8.63. The lowest BCUT2D eigenvalue weighted by atomic mass is 10.0. The Morgan fingerprint density at radius 2 is 1.92 bits per heavy atom.